The molecule has 1 aliphatic heterocycles. The second-order valence-electron chi connectivity index (χ2n) is 7.53. The van der Waals surface area contributed by atoms with Crippen molar-refractivity contribution < 1.29 is 9.26 Å². The van der Waals surface area contributed by atoms with Crippen molar-refractivity contribution in [2.24, 2.45) is 7.05 Å². The molecule has 1 saturated heterocycles. The molecule has 1 aliphatic rings. The molecule has 0 spiro atoms. The second-order valence-corrected chi connectivity index (χ2v) is 7.53. The predicted octanol–water partition coefficient (Wildman–Crippen LogP) is 1.91. The summed E-state index contributed by atoms with van der Waals surface area (Å²) in [5.74, 6) is 1.25. The molecule has 1 fully saturated rings. The molecular formula is C22H21N7O3. The second kappa shape index (κ2) is 8.67. The van der Waals surface area contributed by atoms with E-state index in [0.717, 1.165) is 11.1 Å². The highest BCUT2D eigenvalue weighted by atomic mass is 16.5. The van der Waals surface area contributed by atoms with Crippen molar-refractivity contribution in [3.05, 3.63) is 71.2 Å². The molecule has 0 N–H and O–H groups in total. The average Bonchev–Trinajstić information content (AvgIpc) is 3.26. The first-order valence-corrected chi connectivity index (χ1v) is 10.2. The summed E-state index contributed by atoms with van der Waals surface area (Å²) in [6.07, 6.45) is 4.39. The first kappa shape index (κ1) is 20.0. The van der Waals surface area contributed by atoms with Crippen LogP contribution in [0.4, 0.5) is 5.95 Å². The largest absolute Gasteiger partial charge is 0.379 e. The number of anilines is 1. The van der Waals surface area contributed by atoms with Gasteiger partial charge in [-0.05, 0) is 11.6 Å². The van der Waals surface area contributed by atoms with Gasteiger partial charge in [-0.2, -0.15) is 4.98 Å². The van der Waals surface area contributed by atoms with E-state index in [1.54, 1.807) is 23.9 Å². The number of nitrogens with zero attached hydrogens (tertiary/aromatic N) is 7. The van der Waals surface area contributed by atoms with Crippen LogP contribution in [0, 0.1) is 0 Å². The van der Waals surface area contributed by atoms with Crippen LogP contribution in [-0.2, 0) is 11.8 Å². The smallest absolute Gasteiger partial charge is 0.255 e. The topological polar surface area (TPSA) is 112 Å². The summed E-state index contributed by atoms with van der Waals surface area (Å²) in [5, 5.41) is 3.88. The van der Waals surface area contributed by atoms with E-state index in [2.05, 4.69) is 25.0 Å². The van der Waals surface area contributed by atoms with Gasteiger partial charge in [-0.25, -0.2) is 15.0 Å². The molecule has 1 aromatic carbocycles. The van der Waals surface area contributed by atoms with E-state index < -0.39 is 0 Å². The molecule has 4 heterocycles. The van der Waals surface area contributed by atoms with Crippen LogP contribution in [0.3, 0.4) is 0 Å². The lowest BCUT2D eigenvalue weighted by atomic mass is 9.98. The van der Waals surface area contributed by atoms with Crippen molar-refractivity contribution in [3.63, 3.8) is 0 Å². The Hall–Kier alpha value is -3.92. The van der Waals surface area contributed by atoms with Gasteiger partial charge in [0.05, 0.1) is 24.6 Å². The zero-order chi connectivity index (χ0) is 21.9. The first-order chi connectivity index (χ1) is 15.7. The van der Waals surface area contributed by atoms with E-state index in [-0.39, 0.29) is 11.5 Å². The number of ether oxygens (including phenoxy) is 1. The van der Waals surface area contributed by atoms with Gasteiger partial charge in [0, 0.05) is 43.9 Å². The molecule has 4 aromatic rings. The summed E-state index contributed by atoms with van der Waals surface area (Å²) in [5.41, 5.74) is 3.00. The van der Waals surface area contributed by atoms with Gasteiger partial charge in [-0.1, -0.05) is 29.4 Å². The van der Waals surface area contributed by atoms with Gasteiger partial charge < -0.3 is 14.2 Å². The van der Waals surface area contributed by atoms with E-state index >= 15 is 0 Å². The van der Waals surface area contributed by atoms with E-state index in [1.807, 2.05) is 24.3 Å². The van der Waals surface area contributed by atoms with Crippen LogP contribution in [0.2, 0.25) is 0 Å². The molecule has 1 atom stereocenters. The monoisotopic (exact) mass is 431 g/mol. The Morgan fingerprint density at radius 3 is 2.72 bits per heavy atom. The Morgan fingerprint density at radius 2 is 1.97 bits per heavy atom. The molecule has 1 unspecified atom stereocenters. The number of hydrogen-bond acceptors (Lipinski definition) is 9. The van der Waals surface area contributed by atoms with Crippen molar-refractivity contribution in [1.29, 1.82) is 0 Å². The molecule has 10 nitrogen and oxygen atoms in total. The summed E-state index contributed by atoms with van der Waals surface area (Å²) >= 11 is 0. The quantitative estimate of drug-likeness (QED) is 0.478. The number of rotatable bonds is 4. The third-order valence-corrected chi connectivity index (χ3v) is 5.51. The molecule has 0 saturated carbocycles. The van der Waals surface area contributed by atoms with Gasteiger partial charge in [0.25, 0.3) is 5.56 Å². The number of hydrogen-bond donors (Lipinski definition) is 0. The minimum Gasteiger partial charge on any atom is -0.379 e. The Labute approximate surface area is 183 Å². The van der Waals surface area contributed by atoms with Crippen molar-refractivity contribution in [2.75, 3.05) is 31.2 Å². The van der Waals surface area contributed by atoms with Crippen LogP contribution >= 0.6 is 0 Å². The Kier molecular flexibility index (Phi) is 5.42. The Bertz CT molecular complexity index is 1240. The zero-order valence-corrected chi connectivity index (χ0v) is 17.5. The number of aromatic nitrogens is 6. The van der Waals surface area contributed by atoms with Crippen molar-refractivity contribution in [1.82, 2.24) is 29.7 Å². The first-order valence-electron chi connectivity index (χ1n) is 10.2. The number of benzene rings is 1. The van der Waals surface area contributed by atoms with Gasteiger partial charge in [0.1, 0.15) is 6.33 Å². The van der Waals surface area contributed by atoms with Gasteiger partial charge in [-0.15, -0.1) is 0 Å². The van der Waals surface area contributed by atoms with Crippen molar-refractivity contribution >= 4 is 5.95 Å². The molecule has 0 radical (unpaired) electrons. The molecule has 10 heteroatoms. The zero-order valence-electron chi connectivity index (χ0n) is 17.5. The van der Waals surface area contributed by atoms with Crippen LogP contribution < -0.4 is 10.5 Å². The summed E-state index contributed by atoms with van der Waals surface area (Å²) in [4.78, 5) is 31.8. The van der Waals surface area contributed by atoms with Crippen LogP contribution in [0.5, 0.6) is 0 Å². The van der Waals surface area contributed by atoms with Crippen molar-refractivity contribution in [3.8, 4) is 22.8 Å². The van der Waals surface area contributed by atoms with E-state index in [0.29, 0.717) is 49.5 Å². The van der Waals surface area contributed by atoms with Gasteiger partial charge in [-0.3, -0.25) is 9.36 Å². The van der Waals surface area contributed by atoms with Crippen LogP contribution in [0.25, 0.3) is 22.8 Å². The van der Waals surface area contributed by atoms with Gasteiger partial charge in [0.2, 0.25) is 18.2 Å². The van der Waals surface area contributed by atoms with Crippen molar-refractivity contribution in [2.45, 2.75) is 5.92 Å². The Morgan fingerprint density at radius 1 is 1.09 bits per heavy atom. The minimum absolute atomic E-state index is 0.108. The molecule has 0 amide bonds. The van der Waals surface area contributed by atoms with E-state index in [1.165, 1.54) is 18.8 Å². The molecule has 0 bridgehead atoms. The predicted molar refractivity (Wildman–Crippen MR) is 116 cm³/mol. The van der Waals surface area contributed by atoms with E-state index in [4.69, 9.17) is 14.2 Å². The molecule has 0 aliphatic carbocycles. The summed E-state index contributed by atoms with van der Waals surface area (Å²) in [7, 11) is 1.73. The van der Waals surface area contributed by atoms with Crippen LogP contribution in [0.15, 0.2) is 64.6 Å². The van der Waals surface area contributed by atoms with Gasteiger partial charge >= 0.3 is 0 Å². The lowest BCUT2D eigenvalue weighted by Crippen LogP contribution is -2.35. The minimum atomic E-state index is -0.144. The molecule has 3 aromatic heterocycles. The third kappa shape index (κ3) is 4.00. The molecule has 5 rings (SSSR count). The molecule has 32 heavy (non-hydrogen) atoms. The summed E-state index contributed by atoms with van der Waals surface area (Å²) in [6, 6.07) is 11.3. The Balaban J connectivity index is 1.44. The normalized spacial score (nSPS) is 16.7. The molecular weight excluding hydrogens is 410 g/mol. The highest BCUT2D eigenvalue weighted by molar-refractivity contribution is 5.56. The van der Waals surface area contributed by atoms with Crippen LogP contribution in [0.1, 0.15) is 11.5 Å². The standard InChI is InChI=1S/C22H21N7O3/c1-28-20(30)10-19(18-6-7-23-13-24-18)26-22(28)29-8-9-31-12-17(11-29)15-2-4-16(5-3-15)21-25-14-32-27-21/h2-7,10,13-14,17H,8-9,11-12H2,1H3. The maximum Gasteiger partial charge on any atom is 0.255 e. The van der Waals surface area contributed by atoms with Crippen LogP contribution in [-0.4, -0.2) is 56.0 Å². The molecule has 162 valence electrons. The fourth-order valence-electron chi connectivity index (χ4n) is 3.78. The third-order valence-electron chi connectivity index (χ3n) is 5.51. The average molecular weight is 431 g/mol. The SMILES string of the molecule is Cn1c(N2CCOCC(c3ccc(-c4ncon4)cc3)C2)nc(-c2ccncn2)cc1=O. The van der Waals surface area contributed by atoms with Gasteiger partial charge in [0.15, 0.2) is 0 Å². The maximum atomic E-state index is 12.7. The van der Waals surface area contributed by atoms with E-state index in [9.17, 15) is 4.79 Å². The lowest BCUT2D eigenvalue weighted by Gasteiger charge is -2.26. The summed E-state index contributed by atoms with van der Waals surface area (Å²) < 4.78 is 12.3. The summed E-state index contributed by atoms with van der Waals surface area (Å²) in [6.45, 7) is 2.42. The highest BCUT2D eigenvalue weighted by Crippen LogP contribution is 2.26. The lowest BCUT2D eigenvalue weighted by molar-refractivity contribution is 0.142. The fraction of sp³-hybridized carbons (Fsp3) is 0.273. The fourth-order valence-corrected chi connectivity index (χ4v) is 3.78. The maximum absolute atomic E-state index is 12.7. The highest BCUT2D eigenvalue weighted by Gasteiger charge is 2.24.